The number of amides is 1. The van der Waals surface area contributed by atoms with E-state index in [0.29, 0.717) is 30.5 Å². The van der Waals surface area contributed by atoms with Gasteiger partial charge in [0.05, 0.1) is 17.2 Å². The lowest BCUT2D eigenvalue weighted by molar-refractivity contribution is -0.131. The number of benzene rings is 1. The molecule has 1 aromatic heterocycles. The highest BCUT2D eigenvalue weighted by Crippen LogP contribution is 2.14. The molecule has 1 heterocycles. The number of para-hydroxylation sites is 1. The molecule has 0 aliphatic carbocycles. The first-order chi connectivity index (χ1) is 10.8. The van der Waals surface area contributed by atoms with Gasteiger partial charge in [0.1, 0.15) is 0 Å². The van der Waals surface area contributed by atoms with Crippen LogP contribution in [0.5, 0.6) is 0 Å². The number of aryl methyl sites for hydroxylation is 1. The molecular formula is C17H24N4O2. The van der Waals surface area contributed by atoms with Crippen LogP contribution in [0.3, 0.4) is 0 Å². The Hall–Kier alpha value is -2.21. The lowest BCUT2D eigenvalue weighted by atomic mass is 9.93. The van der Waals surface area contributed by atoms with Gasteiger partial charge in [-0.15, -0.1) is 0 Å². The maximum atomic E-state index is 12.4. The fraction of sp³-hybridized carbons (Fsp3) is 0.471. The first kappa shape index (κ1) is 17.1. The van der Waals surface area contributed by atoms with Crippen LogP contribution in [0.2, 0.25) is 0 Å². The van der Waals surface area contributed by atoms with Crippen LogP contribution < -0.4 is 11.3 Å². The van der Waals surface area contributed by atoms with Crippen LogP contribution in [0.4, 0.5) is 0 Å². The molecule has 0 aliphatic rings. The van der Waals surface area contributed by atoms with Crippen molar-refractivity contribution in [3.05, 3.63) is 40.9 Å². The smallest absolute Gasteiger partial charge is 0.261 e. The van der Waals surface area contributed by atoms with Crippen molar-refractivity contribution in [1.82, 2.24) is 14.5 Å². The minimum absolute atomic E-state index is 0.00779. The molecule has 124 valence electrons. The van der Waals surface area contributed by atoms with Crippen molar-refractivity contribution in [3.63, 3.8) is 0 Å². The van der Waals surface area contributed by atoms with Gasteiger partial charge >= 0.3 is 0 Å². The third-order valence-electron chi connectivity index (χ3n) is 3.94. The molecule has 0 fully saturated rings. The lowest BCUT2D eigenvalue weighted by Crippen LogP contribution is -2.40. The van der Waals surface area contributed by atoms with E-state index < -0.39 is 0 Å². The standard InChI is InChI=1S/C17H24N4O2/c1-17(2,10-18)11-20(3)15(22)8-9-21-12-19-14-7-5-4-6-13(14)16(21)23/h4-7,12H,8-11,18H2,1-3H3. The van der Waals surface area contributed by atoms with Gasteiger partial charge < -0.3 is 10.6 Å². The molecule has 0 spiro atoms. The number of hydrogen-bond acceptors (Lipinski definition) is 4. The zero-order valence-corrected chi connectivity index (χ0v) is 14.0. The highest BCUT2D eigenvalue weighted by molar-refractivity contribution is 5.77. The highest BCUT2D eigenvalue weighted by atomic mass is 16.2. The summed E-state index contributed by atoms with van der Waals surface area (Å²) >= 11 is 0. The van der Waals surface area contributed by atoms with Gasteiger partial charge in [-0.2, -0.15) is 0 Å². The predicted octanol–water partition coefficient (Wildman–Crippen LogP) is 1.23. The van der Waals surface area contributed by atoms with Crippen molar-refractivity contribution in [3.8, 4) is 0 Å². The Morgan fingerprint density at radius 1 is 1.35 bits per heavy atom. The molecule has 2 rings (SSSR count). The zero-order chi connectivity index (χ0) is 17.0. The summed E-state index contributed by atoms with van der Waals surface area (Å²) in [5.41, 5.74) is 6.13. The fourth-order valence-corrected chi connectivity index (χ4v) is 2.47. The lowest BCUT2D eigenvalue weighted by Gasteiger charge is -2.29. The maximum absolute atomic E-state index is 12.4. The molecule has 1 aromatic carbocycles. The van der Waals surface area contributed by atoms with E-state index in [9.17, 15) is 9.59 Å². The van der Waals surface area contributed by atoms with Gasteiger partial charge in [-0.25, -0.2) is 4.98 Å². The Kier molecular flexibility index (Phi) is 5.15. The molecule has 0 aliphatic heterocycles. The number of carbonyl (C=O) groups excluding carboxylic acids is 1. The van der Waals surface area contributed by atoms with Crippen LogP contribution >= 0.6 is 0 Å². The highest BCUT2D eigenvalue weighted by Gasteiger charge is 2.21. The SMILES string of the molecule is CN(CC(C)(C)CN)C(=O)CCn1cnc2ccccc2c1=O. The fourth-order valence-electron chi connectivity index (χ4n) is 2.47. The number of nitrogens with two attached hydrogens (primary N) is 1. The normalized spacial score (nSPS) is 11.7. The molecule has 0 radical (unpaired) electrons. The Balaban J connectivity index is 2.05. The molecule has 2 aromatic rings. The van der Waals surface area contributed by atoms with Crippen LogP contribution in [0.1, 0.15) is 20.3 Å². The quantitative estimate of drug-likeness (QED) is 0.869. The van der Waals surface area contributed by atoms with E-state index in [1.54, 1.807) is 24.1 Å². The number of aromatic nitrogens is 2. The molecule has 1 amide bonds. The van der Waals surface area contributed by atoms with Gasteiger partial charge in [0.15, 0.2) is 0 Å². The van der Waals surface area contributed by atoms with E-state index in [4.69, 9.17) is 5.73 Å². The van der Waals surface area contributed by atoms with Crippen molar-refractivity contribution in [2.75, 3.05) is 20.1 Å². The largest absolute Gasteiger partial charge is 0.345 e. The van der Waals surface area contributed by atoms with Crippen LogP contribution in [0, 0.1) is 5.41 Å². The van der Waals surface area contributed by atoms with Gasteiger partial charge in [-0.1, -0.05) is 26.0 Å². The molecule has 0 saturated carbocycles. The predicted molar refractivity (Wildman–Crippen MR) is 91.1 cm³/mol. The van der Waals surface area contributed by atoms with E-state index in [-0.39, 0.29) is 23.3 Å². The molecule has 0 saturated heterocycles. The average Bonchev–Trinajstić information content (AvgIpc) is 2.53. The third-order valence-corrected chi connectivity index (χ3v) is 3.94. The summed E-state index contributed by atoms with van der Waals surface area (Å²) in [6, 6.07) is 7.20. The summed E-state index contributed by atoms with van der Waals surface area (Å²) in [6.45, 7) is 5.47. The number of hydrogen-bond donors (Lipinski definition) is 1. The molecule has 0 bridgehead atoms. The third kappa shape index (κ3) is 4.16. The van der Waals surface area contributed by atoms with Gasteiger partial charge in [0.2, 0.25) is 5.91 Å². The van der Waals surface area contributed by atoms with Crippen molar-refractivity contribution in [1.29, 1.82) is 0 Å². The number of nitrogens with zero attached hydrogens (tertiary/aromatic N) is 3. The number of rotatable bonds is 6. The first-order valence-corrected chi connectivity index (χ1v) is 7.72. The monoisotopic (exact) mass is 316 g/mol. The summed E-state index contributed by atoms with van der Waals surface area (Å²) < 4.78 is 1.49. The molecule has 2 N–H and O–H groups in total. The second kappa shape index (κ2) is 6.91. The minimum Gasteiger partial charge on any atom is -0.345 e. The number of carbonyl (C=O) groups is 1. The molecule has 6 heteroatoms. The maximum Gasteiger partial charge on any atom is 0.261 e. The van der Waals surface area contributed by atoms with E-state index in [1.807, 2.05) is 26.0 Å². The van der Waals surface area contributed by atoms with Gasteiger partial charge in [0.25, 0.3) is 5.56 Å². The van der Waals surface area contributed by atoms with Crippen molar-refractivity contribution in [2.24, 2.45) is 11.1 Å². The first-order valence-electron chi connectivity index (χ1n) is 7.72. The van der Waals surface area contributed by atoms with Crippen molar-refractivity contribution < 1.29 is 4.79 Å². The summed E-state index contributed by atoms with van der Waals surface area (Å²) in [7, 11) is 1.77. The van der Waals surface area contributed by atoms with Crippen LogP contribution in [0.25, 0.3) is 10.9 Å². The second-order valence-electron chi connectivity index (χ2n) is 6.63. The summed E-state index contributed by atoms with van der Waals surface area (Å²) in [5, 5.41) is 0.570. The molecule has 6 nitrogen and oxygen atoms in total. The van der Waals surface area contributed by atoms with Gasteiger partial charge in [-0.3, -0.25) is 14.2 Å². The zero-order valence-electron chi connectivity index (χ0n) is 14.0. The van der Waals surface area contributed by atoms with Crippen LogP contribution in [-0.2, 0) is 11.3 Å². The van der Waals surface area contributed by atoms with Crippen LogP contribution in [-0.4, -0.2) is 40.5 Å². The van der Waals surface area contributed by atoms with Crippen molar-refractivity contribution in [2.45, 2.75) is 26.8 Å². The van der Waals surface area contributed by atoms with Gasteiger partial charge in [-0.05, 0) is 24.1 Å². The average molecular weight is 316 g/mol. The Bertz CT molecular complexity index is 752. The van der Waals surface area contributed by atoms with Gasteiger partial charge in [0, 0.05) is 26.6 Å². The molecule has 0 unspecified atom stereocenters. The van der Waals surface area contributed by atoms with Crippen LogP contribution in [0.15, 0.2) is 35.4 Å². The van der Waals surface area contributed by atoms with Crippen molar-refractivity contribution >= 4 is 16.8 Å². The molecule has 23 heavy (non-hydrogen) atoms. The Morgan fingerprint density at radius 3 is 2.74 bits per heavy atom. The second-order valence-corrected chi connectivity index (χ2v) is 6.63. The summed E-state index contributed by atoms with van der Waals surface area (Å²) in [4.78, 5) is 30.5. The van der Waals surface area contributed by atoms with E-state index in [2.05, 4.69) is 4.98 Å². The molecule has 0 atom stereocenters. The van der Waals surface area contributed by atoms with E-state index >= 15 is 0 Å². The van der Waals surface area contributed by atoms with E-state index in [0.717, 1.165) is 0 Å². The summed E-state index contributed by atoms with van der Waals surface area (Å²) in [6.07, 6.45) is 1.76. The van der Waals surface area contributed by atoms with E-state index in [1.165, 1.54) is 10.9 Å². The Labute approximate surface area is 135 Å². The minimum atomic E-state index is -0.119. The number of fused-ring (bicyclic) bond motifs is 1. The Morgan fingerprint density at radius 2 is 2.04 bits per heavy atom. The summed E-state index contributed by atoms with van der Waals surface area (Å²) in [5.74, 6) is -0.00779. The topological polar surface area (TPSA) is 81.2 Å². The molecular weight excluding hydrogens is 292 g/mol.